The van der Waals surface area contributed by atoms with Crippen LogP contribution in [0.2, 0.25) is 0 Å². The van der Waals surface area contributed by atoms with E-state index >= 15 is 0 Å². The maximum atomic E-state index is 13.4. The molecule has 2 aromatic rings. The van der Waals surface area contributed by atoms with Gasteiger partial charge in [-0.05, 0) is 34.6 Å². The second-order valence-corrected chi connectivity index (χ2v) is 12.9. The third kappa shape index (κ3) is 9.04. The molecule has 1 unspecified atom stereocenters. The number of likely N-dealkylation sites (tertiary alicyclic amines) is 1. The fourth-order valence-corrected chi connectivity index (χ4v) is 4.82. The molecular weight excluding hydrogens is 492 g/mol. The largest absolute Gasteiger partial charge is 0.390 e. The predicted molar refractivity (Wildman–Crippen MR) is 155 cm³/mol. The Bertz CT molecular complexity index is 1150. The Morgan fingerprint density at radius 2 is 1.69 bits per heavy atom. The van der Waals surface area contributed by atoms with Crippen molar-refractivity contribution in [3.8, 4) is 0 Å². The minimum Gasteiger partial charge on any atom is -0.390 e. The van der Waals surface area contributed by atoms with Crippen LogP contribution in [0.5, 0.6) is 0 Å². The lowest BCUT2D eigenvalue weighted by Gasteiger charge is -2.31. The van der Waals surface area contributed by atoms with Crippen molar-refractivity contribution in [2.24, 2.45) is 10.8 Å². The van der Waals surface area contributed by atoms with E-state index in [1.807, 2.05) is 63.2 Å². The van der Waals surface area contributed by atoms with E-state index in [0.29, 0.717) is 25.9 Å². The van der Waals surface area contributed by atoms with E-state index in [1.54, 1.807) is 4.90 Å². The molecule has 1 fully saturated rings. The second kappa shape index (κ2) is 12.9. The number of carbonyl (C=O) groups excluding carboxylic acids is 3. The van der Waals surface area contributed by atoms with Gasteiger partial charge in [0.05, 0.1) is 6.10 Å². The molecule has 0 radical (unpaired) electrons. The Balaban J connectivity index is 1.72. The third-order valence-corrected chi connectivity index (χ3v) is 6.89. The number of aliphatic hydroxyl groups excluding tert-OH is 1. The number of hydrogen-bond acceptors (Lipinski definition) is 5. The van der Waals surface area contributed by atoms with Crippen LogP contribution in [0.4, 0.5) is 0 Å². The molecule has 0 aromatic heterocycles. The normalized spacial score (nSPS) is 17.6. The van der Waals surface area contributed by atoms with Gasteiger partial charge in [-0.2, -0.15) is 0 Å². The fraction of sp³-hybridized carbons (Fsp3) is 0.581. The first-order valence-electron chi connectivity index (χ1n) is 14.0. The SMILES string of the molecule is CC(C)(C)CNC[C@@H](O)CNC(=O)[C@@H](Cc1ccc2ccccc2c1)NC(=O)C1CCCN1C(=O)C(C)(C)C. The van der Waals surface area contributed by atoms with Gasteiger partial charge in [0, 0.05) is 38.0 Å². The maximum absolute atomic E-state index is 13.4. The van der Waals surface area contributed by atoms with E-state index in [0.717, 1.165) is 29.3 Å². The van der Waals surface area contributed by atoms with Crippen LogP contribution >= 0.6 is 0 Å². The Labute approximate surface area is 232 Å². The summed E-state index contributed by atoms with van der Waals surface area (Å²) >= 11 is 0. The number of nitrogens with zero attached hydrogens (tertiary/aromatic N) is 1. The molecule has 1 saturated heterocycles. The van der Waals surface area contributed by atoms with Crippen LogP contribution < -0.4 is 16.0 Å². The van der Waals surface area contributed by atoms with E-state index in [4.69, 9.17) is 0 Å². The number of hydrogen-bond donors (Lipinski definition) is 4. The maximum Gasteiger partial charge on any atom is 0.243 e. The number of carbonyl (C=O) groups is 3. The van der Waals surface area contributed by atoms with Crippen molar-refractivity contribution in [3.05, 3.63) is 48.0 Å². The summed E-state index contributed by atoms with van der Waals surface area (Å²) in [6, 6.07) is 12.5. The summed E-state index contributed by atoms with van der Waals surface area (Å²) in [5.41, 5.74) is 0.401. The molecule has 8 nitrogen and oxygen atoms in total. The number of amides is 3. The fourth-order valence-electron chi connectivity index (χ4n) is 4.82. The van der Waals surface area contributed by atoms with E-state index in [1.165, 1.54) is 0 Å². The number of rotatable bonds is 10. The van der Waals surface area contributed by atoms with Gasteiger partial charge in [0.25, 0.3) is 0 Å². The summed E-state index contributed by atoms with van der Waals surface area (Å²) < 4.78 is 0. The lowest BCUT2D eigenvalue weighted by atomic mass is 9.94. The van der Waals surface area contributed by atoms with Crippen molar-refractivity contribution < 1.29 is 19.5 Å². The molecule has 0 bridgehead atoms. The molecule has 1 aliphatic heterocycles. The van der Waals surface area contributed by atoms with E-state index in [9.17, 15) is 19.5 Å². The molecule has 0 saturated carbocycles. The van der Waals surface area contributed by atoms with E-state index in [2.05, 4.69) is 36.7 Å². The first kappa shape index (κ1) is 30.6. The Hall–Kier alpha value is -2.97. The van der Waals surface area contributed by atoms with Crippen molar-refractivity contribution in [1.82, 2.24) is 20.9 Å². The molecule has 0 aliphatic carbocycles. The minimum absolute atomic E-state index is 0.0676. The third-order valence-electron chi connectivity index (χ3n) is 6.89. The summed E-state index contributed by atoms with van der Waals surface area (Å²) in [6.45, 7) is 13.6. The number of fused-ring (bicyclic) bond motifs is 1. The van der Waals surface area contributed by atoms with Crippen LogP contribution in [-0.4, -0.2) is 72.1 Å². The van der Waals surface area contributed by atoms with Gasteiger partial charge in [-0.25, -0.2) is 0 Å². The minimum atomic E-state index is -0.847. The summed E-state index contributed by atoms with van der Waals surface area (Å²) in [5, 5.41) is 21.5. The highest BCUT2D eigenvalue weighted by molar-refractivity contribution is 5.93. The zero-order valence-electron chi connectivity index (χ0n) is 24.3. The topological polar surface area (TPSA) is 111 Å². The average molecular weight is 539 g/mol. The highest BCUT2D eigenvalue weighted by Gasteiger charge is 2.39. The van der Waals surface area contributed by atoms with Gasteiger partial charge in [0.2, 0.25) is 17.7 Å². The van der Waals surface area contributed by atoms with Crippen LogP contribution in [0.1, 0.15) is 59.9 Å². The Morgan fingerprint density at radius 1 is 1.00 bits per heavy atom. The van der Waals surface area contributed by atoms with Gasteiger partial charge in [-0.15, -0.1) is 0 Å². The molecule has 3 rings (SSSR count). The van der Waals surface area contributed by atoms with Crippen molar-refractivity contribution in [1.29, 1.82) is 0 Å². The zero-order chi connectivity index (χ0) is 28.8. The molecule has 8 heteroatoms. The van der Waals surface area contributed by atoms with Gasteiger partial charge in [-0.1, -0.05) is 84.0 Å². The Kier molecular flexibility index (Phi) is 10.1. The number of nitrogens with one attached hydrogen (secondary N) is 3. The molecule has 2 aromatic carbocycles. The van der Waals surface area contributed by atoms with Crippen molar-refractivity contribution in [2.45, 2.75) is 79.0 Å². The van der Waals surface area contributed by atoms with Crippen molar-refractivity contribution >= 4 is 28.5 Å². The van der Waals surface area contributed by atoms with Gasteiger partial charge >= 0.3 is 0 Å². The van der Waals surface area contributed by atoms with Gasteiger partial charge < -0.3 is 26.0 Å². The molecule has 3 amide bonds. The van der Waals surface area contributed by atoms with Gasteiger partial charge in [-0.3, -0.25) is 14.4 Å². The van der Waals surface area contributed by atoms with Crippen LogP contribution in [0.25, 0.3) is 10.8 Å². The van der Waals surface area contributed by atoms with Crippen LogP contribution in [-0.2, 0) is 20.8 Å². The standard InChI is InChI=1S/C31H46N4O4/c1-30(2,3)20-32-18-24(36)19-33-27(37)25(17-21-13-14-22-10-7-8-11-23(22)16-21)34-28(38)26-12-9-15-35(26)29(39)31(4,5)6/h7-8,10-11,13-14,16,24-26,32,36H,9,12,15,17-20H2,1-6H3,(H,33,37)(H,34,38)/t24-,25-,26?/m1/s1. The smallest absolute Gasteiger partial charge is 0.243 e. The molecule has 1 aliphatic rings. The molecule has 214 valence electrons. The molecule has 0 spiro atoms. The molecule has 1 heterocycles. The number of aliphatic hydroxyl groups is 1. The van der Waals surface area contributed by atoms with Crippen molar-refractivity contribution in [2.75, 3.05) is 26.2 Å². The van der Waals surface area contributed by atoms with E-state index < -0.39 is 23.6 Å². The van der Waals surface area contributed by atoms with Crippen LogP contribution in [0, 0.1) is 10.8 Å². The quantitative estimate of drug-likeness (QED) is 0.372. The highest BCUT2D eigenvalue weighted by atomic mass is 16.3. The molecule has 4 N–H and O–H groups in total. The highest BCUT2D eigenvalue weighted by Crippen LogP contribution is 2.26. The van der Waals surface area contributed by atoms with Crippen molar-refractivity contribution in [3.63, 3.8) is 0 Å². The second-order valence-electron chi connectivity index (χ2n) is 12.9. The first-order valence-corrected chi connectivity index (χ1v) is 14.0. The molecule has 3 atom stereocenters. The summed E-state index contributed by atoms with van der Waals surface area (Å²) in [6.07, 6.45) is 0.842. The molecular formula is C31H46N4O4. The number of benzene rings is 2. The predicted octanol–water partition coefficient (Wildman–Crippen LogP) is 3.02. The average Bonchev–Trinajstić information content (AvgIpc) is 3.35. The van der Waals surface area contributed by atoms with Gasteiger partial charge in [0.15, 0.2) is 0 Å². The lowest BCUT2D eigenvalue weighted by Crippen LogP contribution is -2.55. The van der Waals surface area contributed by atoms with Crippen LogP contribution in [0.3, 0.4) is 0 Å². The molecule has 39 heavy (non-hydrogen) atoms. The van der Waals surface area contributed by atoms with Gasteiger partial charge in [0.1, 0.15) is 12.1 Å². The summed E-state index contributed by atoms with van der Waals surface area (Å²) in [7, 11) is 0. The lowest BCUT2D eigenvalue weighted by molar-refractivity contribution is -0.145. The zero-order valence-corrected chi connectivity index (χ0v) is 24.3. The van der Waals surface area contributed by atoms with E-state index in [-0.39, 0.29) is 29.7 Å². The summed E-state index contributed by atoms with van der Waals surface area (Å²) in [4.78, 5) is 41.4. The monoisotopic (exact) mass is 538 g/mol. The Morgan fingerprint density at radius 3 is 2.36 bits per heavy atom. The van der Waals surface area contributed by atoms with Crippen LogP contribution in [0.15, 0.2) is 42.5 Å². The first-order chi connectivity index (χ1) is 18.2. The summed E-state index contributed by atoms with van der Waals surface area (Å²) in [5.74, 6) is -0.752.